The summed E-state index contributed by atoms with van der Waals surface area (Å²) in [7, 11) is 0. The molecule has 1 aromatic rings. The molecule has 0 amide bonds. The van der Waals surface area contributed by atoms with Gasteiger partial charge in [0, 0.05) is 0 Å². The molecule has 0 saturated carbocycles. The minimum Gasteiger partial charge on any atom is -0.392 e. The van der Waals surface area contributed by atoms with Gasteiger partial charge in [-0.15, -0.1) is 0 Å². The van der Waals surface area contributed by atoms with Gasteiger partial charge in [-0.05, 0) is 36.0 Å². The first-order chi connectivity index (χ1) is 7.00. The average Bonchev–Trinajstić information content (AvgIpc) is 2.16. The molecule has 0 aliphatic rings. The van der Waals surface area contributed by atoms with Crippen LogP contribution in [0.4, 0.5) is 4.39 Å². The molecular formula is C13H19FO. The third-order valence-electron chi connectivity index (χ3n) is 2.99. The van der Waals surface area contributed by atoms with Crippen LogP contribution in [0.5, 0.6) is 0 Å². The number of benzene rings is 1. The first-order valence-electron chi connectivity index (χ1n) is 5.43. The summed E-state index contributed by atoms with van der Waals surface area (Å²) in [5.41, 5.74) is 0.856. The van der Waals surface area contributed by atoms with E-state index in [0.29, 0.717) is 12.3 Å². The molecule has 84 valence electrons. The van der Waals surface area contributed by atoms with Crippen molar-refractivity contribution < 1.29 is 9.50 Å². The Morgan fingerprint density at radius 3 is 2.47 bits per heavy atom. The fraction of sp³-hybridized carbons (Fsp3) is 0.538. The topological polar surface area (TPSA) is 20.2 Å². The van der Waals surface area contributed by atoms with Gasteiger partial charge in [0.25, 0.3) is 0 Å². The summed E-state index contributed by atoms with van der Waals surface area (Å²) in [4.78, 5) is 0. The summed E-state index contributed by atoms with van der Waals surface area (Å²) >= 11 is 0. The van der Waals surface area contributed by atoms with Gasteiger partial charge >= 0.3 is 0 Å². The van der Waals surface area contributed by atoms with Crippen molar-refractivity contribution in [3.05, 3.63) is 35.6 Å². The second kappa shape index (κ2) is 5.26. The lowest BCUT2D eigenvalue weighted by Gasteiger charge is -2.22. The average molecular weight is 210 g/mol. The van der Waals surface area contributed by atoms with Crippen LogP contribution in [0.3, 0.4) is 0 Å². The van der Waals surface area contributed by atoms with Crippen molar-refractivity contribution in [2.24, 2.45) is 11.8 Å². The van der Waals surface area contributed by atoms with Crippen LogP contribution in [-0.4, -0.2) is 11.2 Å². The Bertz CT molecular complexity index is 309. The molecule has 0 bridgehead atoms. The van der Waals surface area contributed by atoms with E-state index in [2.05, 4.69) is 13.8 Å². The van der Waals surface area contributed by atoms with Gasteiger partial charge in [-0.3, -0.25) is 0 Å². The van der Waals surface area contributed by atoms with Gasteiger partial charge in [0.1, 0.15) is 5.82 Å². The summed E-state index contributed by atoms with van der Waals surface area (Å²) in [5.74, 6) is 0.429. The Kier molecular flexibility index (Phi) is 4.28. The van der Waals surface area contributed by atoms with E-state index < -0.39 is 6.10 Å². The Morgan fingerprint density at radius 2 is 1.93 bits per heavy atom. The predicted octanol–water partition coefficient (Wildman–Crippen LogP) is 3.02. The molecule has 1 N–H and O–H groups in total. The minimum atomic E-state index is -0.396. The zero-order chi connectivity index (χ0) is 11.4. The summed E-state index contributed by atoms with van der Waals surface area (Å²) < 4.78 is 12.9. The van der Waals surface area contributed by atoms with Crippen LogP contribution in [0, 0.1) is 17.7 Å². The summed E-state index contributed by atoms with van der Waals surface area (Å²) in [6.07, 6.45) is 0.128. The lowest BCUT2D eigenvalue weighted by Crippen LogP contribution is -2.24. The van der Waals surface area contributed by atoms with E-state index in [4.69, 9.17) is 0 Å². The van der Waals surface area contributed by atoms with Gasteiger partial charge in [-0.2, -0.15) is 0 Å². The smallest absolute Gasteiger partial charge is 0.123 e. The van der Waals surface area contributed by atoms with Crippen molar-refractivity contribution >= 4 is 0 Å². The van der Waals surface area contributed by atoms with Gasteiger partial charge in [0.05, 0.1) is 6.10 Å². The van der Waals surface area contributed by atoms with Crippen molar-refractivity contribution in [3.8, 4) is 0 Å². The lowest BCUT2D eigenvalue weighted by molar-refractivity contribution is 0.0921. The highest BCUT2D eigenvalue weighted by molar-refractivity contribution is 5.17. The van der Waals surface area contributed by atoms with E-state index in [-0.39, 0.29) is 11.7 Å². The summed E-state index contributed by atoms with van der Waals surface area (Å²) in [5, 5.41) is 9.91. The Labute approximate surface area is 90.9 Å². The second-order valence-electron chi connectivity index (χ2n) is 4.50. The highest BCUT2D eigenvalue weighted by Gasteiger charge is 2.17. The molecule has 0 radical (unpaired) electrons. The molecule has 2 heteroatoms. The molecule has 0 saturated heterocycles. The highest BCUT2D eigenvalue weighted by atomic mass is 19.1. The van der Waals surface area contributed by atoms with Crippen molar-refractivity contribution in [2.75, 3.05) is 0 Å². The molecule has 0 spiro atoms. The third kappa shape index (κ3) is 3.63. The zero-order valence-electron chi connectivity index (χ0n) is 9.57. The molecule has 1 rings (SSSR count). The highest BCUT2D eigenvalue weighted by Crippen LogP contribution is 2.18. The fourth-order valence-electron chi connectivity index (χ4n) is 1.54. The number of halogens is 1. The first kappa shape index (κ1) is 12.2. The molecule has 0 aromatic heterocycles. The van der Waals surface area contributed by atoms with Crippen LogP contribution < -0.4 is 0 Å². The molecule has 2 atom stereocenters. The van der Waals surface area contributed by atoms with Crippen LogP contribution in [0.25, 0.3) is 0 Å². The molecule has 1 nitrogen and oxygen atoms in total. The Hall–Kier alpha value is -0.890. The minimum absolute atomic E-state index is 0.230. The molecule has 0 heterocycles. The van der Waals surface area contributed by atoms with Crippen LogP contribution in [0.1, 0.15) is 26.3 Å². The van der Waals surface area contributed by atoms with Crippen molar-refractivity contribution in [1.82, 2.24) is 0 Å². The third-order valence-corrected chi connectivity index (χ3v) is 2.99. The molecule has 1 aromatic carbocycles. The largest absolute Gasteiger partial charge is 0.392 e. The summed E-state index contributed by atoms with van der Waals surface area (Å²) in [6.45, 7) is 6.19. The quantitative estimate of drug-likeness (QED) is 0.810. The van der Waals surface area contributed by atoms with Crippen LogP contribution >= 0.6 is 0 Å². The summed E-state index contributed by atoms with van der Waals surface area (Å²) in [6, 6.07) is 6.43. The standard InChI is InChI=1S/C13H19FO/c1-9(2)10(3)13(15)8-11-5-4-6-12(14)7-11/h4-7,9-10,13,15H,8H2,1-3H3. The number of hydrogen-bond acceptors (Lipinski definition) is 1. The maximum Gasteiger partial charge on any atom is 0.123 e. The van der Waals surface area contributed by atoms with Crippen molar-refractivity contribution in [1.29, 1.82) is 0 Å². The van der Waals surface area contributed by atoms with E-state index in [0.717, 1.165) is 5.56 Å². The molecule has 15 heavy (non-hydrogen) atoms. The van der Waals surface area contributed by atoms with E-state index in [1.165, 1.54) is 12.1 Å². The lowest BCUT2D eigenvalue weighted by atomic mass is 9.89. The molecule has 0 aliphatic carbocycles. The zero-order valence-corrected chi connectivity index (χ0v) is 9.57. The monoisotopic (exact) mass is 210 g/mol. The van der Waals surface area contributed by atoms with E-state index in [1.54, 1.807) is 6.07 Å². The fourth-order valence-corrected chi connectivity index (χ4v) is 1.54. The van der Waals surface area contributed by atoms with Crippen LogP contribution in [0.2, 0.25) is 0 Å². The normalized spacial score (nSPS) is 15.3. The maximum atomic E-state index is 12.9. The van der Waals surface area contributed by atoms with Gasteiger partial charge in [-0.25, -0.2) is 4.39 Å². The van der Waals surface area contributed by atoms with Gasteiger partial charge < -0.3 is 5.11 Å². The van der Waals surface area contributed by atoms with E-state index >= 15 is 0 Å². The van der Waals surface area contributed by atoms with Crippen molar-refractivity contribution in [2.45, 2.75) is 33.3 Å². The molecule has 2 unspecified atom stereocenters. The van der Waals surface area contributed by atoms with Crippen molar-refractivity contribution in [3.63, 3.8) is 0 Å². The number of hydrogen-bond donors (Lipinski definition) is 1. The molecular weight excluding hydrogens is 191 g/mol. The van der Waals surface area contributed by atoms with Crippen LogP contribution in [-0.2, 0) is 6.42 Å². The first-order valence-corrected chi connectivity index (χ1v) is 5.43. The predicted molar refractivity (Wildman–Crippen MR) is 60.1 cm³/mol. The number of aliphatic hydroxyl groups is 1. The van der Waals surface area contributed by atoms with E-state index in [9.17, 15) is 9.50 Å². The number of aliphatic hydroxyl groups excluding tert-OH is 1. The van der Waals surface area contributed by atoms with E-state index in [1.807, 2.05) is 13.0 Å². The second-order valence-corrected chi connectivity index (χ2v) is 4.50. The SMILES string of the molecule is CC(C)C(C)C(O)Cc1cccc(F)c1. The maximum absolute atomic E-state index is 12.9. The van der Waals surface area contributed by atoms with Gasteiger partial charge in [-0.1, -0.05) is 32.9 Å². The van der Waals surface area contributed by atoms with Crippen LogP contribution in [0.15, 0.2) is 24.3 Å². The number of rotatable bonds is 4. The molecule has 0 aliphatic heterocycles. The van der Waals surface area contributed by atoms with Gasteiger partial charge in [0.15, 0.2) is 0 Å². The Balaban J connectivity index is 2.62. The van der Waals surface area contributed by atoms with Gasteiger partial charge in [0.2, 0.25) is 0 Å². The molecule has 0 fully saturated rings. The Morgan fingerprint density at radius 1 is 1.27 bits per heavy atom.